The molecule has 2 rings (SSSR count). The minimum atomic E-state index is 0.193. The number of nitriles is 1. The fourth-order valence-electron chi connectivity index (χ4n) is 3.06. The highest BCUT2D eigenvalue weighted by atomic mass is 15.1. The largest absolute Gasteiger partial charge is 0.299 e. The van der Waals surface area contributed by atoms with Crippen LogP contribution in [0.15, 0.2) is 61.2 Å². The highest BCUT2D eigenvalue weighted by Crippen LogP contribution is 2.34. The minimum absolute atomic E-state index is 0.193. The van der Waals surface area contributed by atoms with Gasteiger partial charge in [-0.05, 0) is 48.1 Å². The summed E-state index contributed by atoms with van der Waals surface area (Å²) in [7, 11) is 0. The van der Waals surface area contributed by atoms with Gasteiger partial charge in [0.2, 0.25) is 0 Å². The monoisotopic (exact) mass is 306 g/mol. The molecule has 1 saturated heterocycles. The van der Waals surface area contributed by atoms with Gasteiger partial charge in [-0.2, -0.15) is 5.26 Å². The van der Waals surface area contributed by atoms with Gasteiger partial charge in [0.05, 0.1) is 6.07 Å². The second-order valence-electron chi connectivity index (χ2n) is 6.75. The van der Waals surface area contributed by atoms with E-state index in [1.54, 1.807) is 0 Å². The van der Waals surface area contributed by atoms with E-state index in [0.717, 1.165) is 43.6 Å². The second-order valence-corrected chi connectivity index (χ2v) is 6.75. The molecule has 0 bridgehead atoms. The van der Waals surface area contributed by atoms with Crippen LogP contribution in [0.25, 0.3) is 5.57 Å². The summed E-state index contributed by atoms with van der Waals surface area (Å²) >= 11 is 0. The smallest absolute Gasteiger partial charge is 0.0627 e. The molecule has 23 heavy (non-hydrogen) atoms. The van der Waals surface area contributed by atoms with Crippen LogP contribution in [0.5, 0.6) is 0 Å². The van der Waals surface area contributed by atoms with E-state index in [0.29, 0.717) is 6.42 Å². The number of piperidine rings is 1. The predicted molar refractivity (Wildman–Crippen MR) is 97.8 cm³/mol. The second kappa shape index (κ2) is 7.94. The Morgan fingerprint density at radius 3 is 2.52 bits per heavy atom. The standard InChI is InChI=1S/C21H26N2/c1-4-19(20-8-6-5-7-9-20)16-18(2)17-23-14-11-21(3,10-13-22)12-15-23/h4-9,16H,1-2,10-12,14-15,17H2,3H3/b19-16+. The number of hydrogen-bond acceptors (Lipinski definition) is 2. The van der Waals surface area contributed by atoms with Crippen molar-refractivity contribution in [1.82, 2.24) is 4.90 Å². The molecule has 0 amide bonds. The molecule has 0 aliphatic carbocycles. The van der Waals surface area contributed by atoms with Gasteiger partial charge in [0, 0.05) is 13.0 Å². The van der Waals surface area contributed by atoms with Crippen LogP contribution in [0, 0.1) is 16.7 Å². The van der Waals surface area contributed by atoms with Crippen molar-refractivity contribution in [2.24, 2.45) is 5.41 Å². The van der Waals surface area contributed by atoms with Gasteiger partial charge < -0.3 is 0 Å². The Hall–Kier alpha value is -2.11. The van der Waals surface area contributed by atoms with E-state index in [2.05, 4.69) is 49.3 Å². The number of benzene rings is 1. The van der Waals surface area contributed by atoms with E-state index >= 15 is 0 Å². The van der Waals surface area contributed by atoms with Gasteiger partial charge in [0.1, 0.15) is 0 Å². The Balaban J connectivity index is 1.94. The van der Waals surface area contributed by atoms with Crippen LogP contribution in [-0.4, -0.2) is 24.5 Å². The lowest BCUT2D eigenvalue weighted by molar-refractivity contribution is 0.130. The normalized spacial score (nSPS) is 18.2. The molecule has 1 heterocycles. The van der Waals surface area contributed by atoms with Gasteiger partial charge in [-0.3, -0.25) is 4.90 Å². The predicted octanol–water partition coefficient (Wildman–Crippen LogP) is 4.83. The van der Waals surface area contributed by atoms with Gasteiger partial charge in [-0.25, -0.2) is 0 Å². The number of hydrogen-bond donors (Lipinski definition) is 0. The lowest BCUT2D eigenvalue weighted by Gasteiger charge is -2.38. The Morgan fingerprint density at radius 1 is 1.30 bits per heavy atom. The molecule has 0 radical (unpaired) electrons. The average Bonchev–Trinajstić information content (AvgIpc) is 2.56. The summed E-state index contributed by atoms with van der Waals surface area (Å²) in [6, 6.07) is 12.6. The number of rotatable bonds is 6. The van der Waals surface area contributed by atoms with Gasteiger partial charge in [-0.15, -0.1) is 0 Å². The van der Waals surface area contributed by atoms with Gasteiger partial charge >= 0.3 is 0 Å². The van der Waals surface area contributed by atoms with E-state index in [4.69, 9.17) is 5.26 Å². The molecule has 1 fully saturated rings. The van der Waals surface area contributed by atoms with Crippen LogP contribution in [0.1, 0.15) is 31.7 Å². The van der Waals surface area contributed by atoms with Crippen LogP contribution in [0.2, 0.25) is 0 Å². The lowest BCUT2D eigenvalue weighted by atomic mass is 9.78. The third-order valence-corrected chi connectivity index (χ3v) is 4.68. The number of allylic oxidation sites excluding steroid dienone is 2. The first-order chi connectivity index (χ1) is 11.1. The maximum absolute atomic E-state index is 8.93. The molecule has 1 aromatic rings. The van der Waals surface area contributed by atoms with E-state index < -0.39 is 0 Å². The SMILES string of the molecule is C=C/C(=C\C(=C)CN1CCC(C)(CC#N)CC1)c1ccccc1. The molecule has 1 aliphatic heterocycles. The zero-order valence-corrected chi connectivity index (χ0v) is 14.1. The van der Waals surface area contributed by atoms with E-state index in [1.807, 2.05) is 24.3 Å². The average molecular weight is 306 g/mol. The maximum Gasteiger partial charge on any atom is 0.0627 e. The summed E-state index contributed by atoms with van der Waals surface area (Å²) in [4.78, 5) is 2.43. The summed E-state index contributed by atoms with van der Waals surface area (Å²) in [5, 5.41) is 8.93. The molecule has 0 spiro atoms. The van der Waals surface area contributed by atoms with Crippen LogP contribution in [0.3, 0.4) is 0 Å². The molecule has 2 heteroatoms. The Labute approximate surface area is 140 Å². The summed E-state index contributed by atoms with van der Waals surface area (Å²) in [6.07, 6.45) is 6.86. The van der Waals surface area contributed by atoms with Gasteiger partial charge in [0.15, 0.2) is 0 Å². The highest BCUT2D eigenvalue weighted by Gasteiger charge is 2.29. The fourth-order valence-corrected chi connectivity index (χ4v) is 3.06. The first-order valence-electron chi connectivity index (χ1n) is 8.23. The topological polar surface area (TPSA) is 27.0 Å². The van der Waals surface area contributed by atoms with E-state index in [9.17, 15) is 0 Å². The highest BCUT2D eigenvalue weighted by molar-refractivity contribution is 5.75. The third kappa shape index (κ3) is 4.94. The molecule has 0 saturated carbocycles. The quantitative estimate of drug-likeness (QED) is 0.704. The van der Waals surface area contributed by atoms with Crippen molar-refractivity contribution >= 4 is 5.57 Å². The fraction of sp³-hybridized carbons (Fsp3) is 0.381. The molecule has 120 valence electrons. The van der Waals surface area contributed by atoms with Crippen molar-refractivity contribution in [3.63, 3.8) is 0 Å². The van der Waals surface area contributed by atoms with Crippen molar-refractivity contribution in [2.45, 2.75) is 26.2 Å². The number of nitrogens with zero attached hydrogens (tertiary/aromatic N) is 2. The Bertz CT molecular complexity index is 611. The summed E-state index contributed by atoms with van der Waals surface area (Å²) in [6.45, 7) is 13.3. The minimum Gasteiger partial charge on any atom is -0.299 e. The zero-order valence-electron chi connectivity index (χ0n) is 14.1. The molecule has 2 nitrogen and oxygen atoms in total. The molecule has 0 aromatic heterocycles. The molecule has 1 aliphatic rings. The Kier molecular flexibility index (Phi) is 5.96. The van der Waals surface area contributed by atoms with Crippen molar-refractivity contribution < 1.29 is 0 Å². The van der Waals surface area contributed by atoms with Crippen molar-refractivity contribution in [3.8, 4) is 6.07 Å². The lowest BCUT2D eigenvalue weighted by Crippen LogP contribution is -2.39. The summed E-state index contributed by atoms with van der Waals surface area (Å²) < 4.78 is 0. The van der Waals surface area contributed by atoms with Crippen molar-refractivity contribution in [3.05, 3.63) is 66.8 Å². The molecule has 1 aromatic carbocycles. The van der Waals surface area contributed by atoms with E-state index in [1.165, 1.54) is 5.56 Å². The Morgan fingerprint density at radius 2 is 1.96 bits per heavy atom. The summed E-state index contributed by atoms with van der Waals surface area (Å²) in [5.41, 5.74) is 3.58. The first kappa shape index (κ1) is 17.2. The van der Waals surface area contributed by atoms with Crippen LogP contribution < -0.4 is 0 Å². The zero-order chi connectivity index (χ0) is 16.7. The number of likely N-dealkylation sites (tertiary alicyclic amines) is 1. The summed E-state index contributed by atoms with van der Waals surface area (Å²) in [5.74, 6) is 0. The third-order valence-electron chi connectivity index (χ3n) is 4.68. The molecular formula is C21H26N2. The van der Waals surface area contributed by atoms with E-state index in [-0.39, 0.29) is 5.41 Å². The van der Waals surface area contributed by atoms with Crippen LogP contribution in [-0.2, 0) is 0 Å². The first-order valence-corrected chi connectivity index (χ1v) is 8.23. The van der Waals surface area contributed by atoms with Crippen molar-refractivity contribution in [1.29, 1.82) is 5.26 Å². The van der Waals surface area contributed by atoms with Crippen LogP contribution in [0.4, 0.5) is 0 Å². The molecular weight excluding hydrogens is 280 g/mol. The molecule has 0 unspecified atom stereocenters. The van der Waals surface area contributed by atoms with Gasteiger partial charge in [0.25, 0.3) is 0 Å². The van der Waals surface area contributed by atoms with Crippen molar-refractivity contribution in [2.75, 3.05) is 19.6 Å². The van der Waals surface area contributed by atoms with Crippen LogP contribution >= 0.6 is 0 Å². The van der Waals surface area contributed by atoms with Gasteiger partial charge in [-0.1, -0.05) is 62.6 Å². The molecule has 0 N–H and O–H groups in total. The molecule has 0 atom stereocenters. The maximum atomic E-state index is 8.93.